The lowest BCUT2D eigenvalue weighted by Crippen LogP contribution is -2.51. The molecule has 3 heterocycles. The molecule has 0 bridgehead atoms. The largest absolute Gasteiger partial charge is 0.454 e. The molecule has 2 aromatic carbocycles. The van der Waals surface area contributed by atoms with Crippen molar-refractivity contribution in [2.45, 2.75) is 25.9 Å². The number of para-hydroxylation sites is 1. The van der Waals surface area contributed by atoms with Gasteiger partial charge in [-0.05, 0) is 42.7 Å². The summed E-state index contributed by atoms with van der Waals surface area (Å²) in [5, 5.41) is 0. The fourth-order valence-electron chi connectivity index (χ4n) is 4.57. The SMILES string of the molecule is CC1Cc2ccccc2N1CC(=O)N1CCN(Cc2ccc3c(c2)OCO3)CC1. The van der Waals surface area contributed by atoms with Crippen molar-refractivity contribution in [2.24, 2.45) is 0 Å². The molecule has 0 radical (unpaired) electrons. The molecular formula is C23H27N3O3. The predicted molar refractivity (Wildman–Crippen MR) is 111 cm³/mol. The summed E-state index contributed by atoms with van der Waals surface area (Å²) in [6, 6.07) is 15.0. The van der Waals surface area contributed by atoms with Crippen molar-refractivity contribution >= 4 is 11.6 Å². The number of rotatable bonds is 4. The molecule has 6 heteroatoms. The van der Waals surface area contributed by atoms with Gasteiger partial charge >= 0.3 is 0 Å². The van der Waals surface area contributed by atoms with E-state index in [9.17, 15) is 4.79 Å². The predicted octanol–water partition coefficient (Wildman–Crippen LogP) is 2.51. The molecule has 1 unspecified atom stereocenters. The minimum absolute atomic E-state index is 0.233. The minimum atomic E-state index is 0.233. The average Bonchev–Trinajstić information content (AvgIpc) is 3.32. The highest BCUT2D eigenvalue weighted by Crippen LogP contribution is 2.33. The van der Waals surface area contributed by atoms with Crippen molar-refractivity contribution in [2.75, 3.05) is 44.4 Å². The molecule has 0 aromatic heterocycles. The first kappa shape index (κ1) is 18.3. The first-order chi connectivity index (χ1) is 14.2. The summed E-state index contributed by atoms with van der Waals surface area (Å²) in [5.74, 6) is 1.88. The third kappa shape index (κ3) is 3.65. The van der Waals surface area contributed by atoms with Gasteiger partial charge in [0.25, 0.3) is 0 Å². The van der Waals surface area contributed by atoms with Crippen LogP contribution in [0.5, 0.6) is 11.5 Å². The van der Waals surface area contributed by atoms with E-state index in [1.165, 1.54) is 16.8 Å². The van der Waals surface area contributed by atoms with Crippen molar-refractivity contribution in [3.63, 3.8) is 0 Å². The highest BCUT2D eigenvalue weighted by molar-refractivity contribution is 5.82. The van der Waals surface area contributed by atoms with Crippen LogP contribution in [-0.2, 0) is 17.8 Å². The van der Waals surface area contributed by atoms with Crippen LogP contribution in [0.2, 0.25) is 0 Å². The number of anilines is 1. The van der Waals surface area contributed by atoms with Crippen molar-refractivity contribution in [3.8, 4) is 11.5 Å². The lowest BCUT2D eigenvalue weighted by molar-refractivity contribution is -0.131. The quantitative estimate of drug-likeness (QED) is 0.799. The molecule has 0 aliphatic carbocycles. The van der Waals surface area contributed by atoms with Crippen LogP contribution in [0, 0.1) is 0 Å². The summed E-state index contributed by atoms with van der Waals surface area (Å²) < 4.78 is 10.9. The summed E-state index contributed by atoms with van der Waals surface area (Å²) in [4.78, 5) is 19.6. The Balaban J connectivity index is 1.15. The van der Waals surface area contributed by atoms with E-state index >= 15 is 0 Å². The van der Waals surface area contributed by atoms with Crippen LogP contribution in [-0.4, -0.2) is 61.3 Å². The number of carbonyl (C=O) groups is 1. The molecule has 1 atom stereocenters. The van der Waals surface area contributed by atoms with Gasteiger partial charge in [0.15, 0.2) is 11.5 Å². The molecule has 0 spiro atoms. The van der Waals surface area contributed by atoms with Gasteiger partial charge < -0.3 is 19.3 Å². The molecule has 3 aliphatic rings. The minimum Gasteiger partial charge on any atom is -0.454 e. The number of hydrogen-bond acceptors (Lipinski definition) is 5. The molecule has 1 amide bonds. The van der Waals surface area contributed by atoms with Gasteiger partial charge in [-0.25, -0.2) is 0 Å². The van der Waals surface area contributed by atoms with Crippen LogP contribution in [0.25, 0.3) is 0 Å². The molecule has 1 saturated heterocycles. The first-order valence-electron chi connectivity index (χ1n) is 10.4. The Morgan fingerprint density at radius 3 is 2.69 bits per heavy atom. The van der Waals surface area contributed by atoms with Crippen LogP contribution in [0.4, 0.5) is 5.69 Å². The normalized spacial score (nSPS) is 20.8. The van der Waals surface area contributed by atoms with E-state index in [0.29, 0.717) is 19.4 Å². The van der Waals surface area contributed by atoms with Gasteiger partial charge in [-0.15, -0.1) is 0 Å². The first-order valence-corrected chi connectivity index (χ1v) is 10.4. The monoisotopic (exact) mass is 393 g/mol. The summed E-state index contributed by atoms with van der Waals surface area (Å²) in [6.45, 7) is 7.21. The van der Waals surface area contributed by atoms with E-state index in [1.807, 2.05) is 11.0 Å². The van der Waals surface area contributed by atoms with Crippen LogP contribution in [0.1, 0.15) is 18.1 Å². The Hall–Kier alpha value is -2.73. The number of fused-ring (bicyclic) bond motifs is 2. The number of amides is 1. The van der Waals surface area contributed by atoms with E-state index in [-0.39, 0.29) is 5.91 Å². The number of ether oxygens (including phenoxy) is 2. The number of nitrogens with zero attached hydrogens (tertiary/aromatic N) is 3. The molecule has 29 heavy (non-hydrogen) atoms. The molecule has 2 aromatic rings. The summed E-state index contributed by atoms with van der Waals surface area (Å²) in [5.41, 5.74) is 3.78. The molecule has 6 nitrogen and oxygen atoms in total. The van der Waals surface area contributed by atoms with Crippen LogP contribution < -0.4 is 14.4 Å². The second kappa shape index (κ2) is 7.59. The Bertz CT molecular complexity index is 908. The second-order valence-corrected chi connectivity index (χ2v) is 8.15. The lowest BCUT2D eigenvalue weighted by atomic mass is 10.1. The summed E-state index contributed by atoms with van der Waals surface area (Å²) in [6.07, 6.45) is 1.02. The Morgan fingerprint density at radius 1 is 1.03 bits per heavy atom. The van der Waals surface area contributed by atoms with E-state index in [2.05, 4.69) is 53.1 Å². The summed E-state index contributed by atoms with van der Waals surface area (Å²) >= 11 is 0. The number of benzene rings is 2. The Labute approximate surface area is 171 Å². The van der Waals surface area contributed by atoms with Crippen molar-refractivity contribution in [3.05, 3.63) is 53.6 Å². The fourth-order valence-corrected chi connectivity index (χ4v) is 4.57. The van der Waals surface area contributed by atoms with Gasteiger partial charge in [0, 0.05) is 44.5 Å². The number of piperazine rings is 1. The number of hydrogen-bond donors (Lipinski definition) is 0. The van der Waals surface area contributed by atoms with E-state index in [1.54, 1.807) is 0 Å². The molecule has 152 valence electrons. The van der Waals surface area contributed by atoms with Gasteiger partial charge in [0.2, 0.25) is 12.7 Å². The van der Waals surface area contributed by atoms with Gasteiger partial charge in [0.1, 0.15) is 0 Å². The van der Waals surface area contributed by atoms with Crippen LogP contribution in [0.3, 0.4) is 0 Å². The van der Waals surface area contributed by atoms with Gasteiger partial charge in [-0.1, -0.05) is 24.3 Å². The van der Waals surface area contributed by atoms with E-state index in [0.717, 1.165) is 50.6 Å². The van der Waals surface area contributed by atoms with Crippen molar-refractivity contribution in [1.29, 1.82) is 0 Å². The average molecular weight is 393 g/mol. The molecule has 5 rings (SSSR count). The lowest BCUT2D eigenvalue weighted by Gasteiger charge is -2.36. The Morgan fingerprint density at radius 2 is 1.83 bits per heavy atom. The Kier molecular flexibility index (Phi) is 4.79. The number of carbonyl (C=O) groups excluding carboxylic acids is 1. The maximum Gasteiger partial charge on any atom is 0.242 e. The van der Waals surface area contributed by atoms with Gasteiger partial charge in [0.05, 0.1) is 6.54 Å². The van der Waals surface area contributed by atoms with Crippen molar-refractivity contribution in [1.82, 2.24) is 9.80 Å². The molecule has 3 aliphatic heterocycles. The molecular weight excluding hydrogens is 366 g/mol. The zero-order chi connectivity index (χ0) is 19.8. The van der Waals surface area contributed by atoms with Gasteiger partial charge in [-0.2, -0.15) is 0 Å². The maximum absolute atomic E-state index is 12.9. The van der Waals surface area contributed by atoms with Crippen molar-refractivity contribution < 1.29 is 14.3 Å². The fraction of sp³-hybridized carbons (Fsp3) is 0.435. The highest BCUT2D eigenvalue weighted by atomic mass is 16.7. The van der Waals surface area contributed by atoms with Gasteiger partial charge in [-0.3, -0.25) is 9.69 Å². The standard InChI is InChI=1S/C23H27N3O3/c1-17-12-19-4-2-3-5-20(19)26(17)15-23(27)25-10-8-24(9-11-25)14-18-6-7-21-22(13-18)29-16-28-21/h2-7,13,17H,8-12,14-16H2,1H3. The zero-order valence-corrected chi connectivity index (χ0v) is 16.8. The molecule has 0 N–H and O–H groups in total. The highest BCUT2D eigenvalue weighted by Gasteiger charge is 2.29. The van der Waals surface area contributed by atoms with E-state index < -0.39 is 0 Å². The molecule has 1 fully saturated rings. The topological polar surface area (TPSA) is 45.3 Å². The second-order valence-electron chi connectivity index (χ2n) is 8.15. The molecule has 0 saturated carbocycles. The third-order valence-electron chi connectivity index (χ3n) is 6.22. The summed E-state index contributed by atoms with van der Waals surface area (Å²) in [7, 11) is 0. The third-order valence-corrected chi connectivity index (χ3v) is 6.22. The van der Waals surface area contributed by atoms with Crippen LogP contribution >= 0.6 is 0 Å². The maximum atomic E-state index is 12.9. The smallest absolute Gasteiger partial charge is 0.242 e. The van der Waals surface area contributed by atoms with E-state index in [4.69, 9.17) is 9.47 Å². The zero-order valence-electron chi connectivity index (χ0n) is 16.8. The van der Waals surface area contributed by atoms with Crippen LogP contribution in [0.15, 0.2) is 42.5 Å².